The minimum atomic E-state index is -1.49. The highest BCUT2D eigenvalue weighted by Gasteiger charge is 2.45. The van der Waals surface area contributed by atoms with Crippen molar-refractivity contribution in [2.75, 3.05) is 13.1 Å². The number of carbonyl (C=O) groups is 6. The molecule has 2 saturated carbocycles. The van der Waals surface area contributed by atoms with E-state index in [9.17, 15) is 33.9 Å². The van der Waals surface area contributed by atoms with Crippen LogP contribution >= 0.6 is 0 Å². The molecule has 300 valence electrons. The van der Waals surface area contributed by atoms with Crippen molar-refractivity contribution in [3.63, 3.8) is 0 Å². The van der Waals surface area contributed by atoms with E-state index in [2.05, 4.69) is 36.6 Å². The Morgan fingerprint density at radius 1 is 0.870 bits per heavy atom. The van der Waals surface area contributed by atoms with Crippen molar-refractivity contribution in [2.45, 2.75) is 148 Å². The number of amides is 6. The van der Waals surface area contributed by atoms with Gasteiger partial charge in [0, 0.05) is 31.5 Å². The molecule has 4 rings (SSSR count). The van der Waals surface area contributed by atoms with Crippen molar-refractivity contribution in [3.8, 4) is 0 Å². The highest BCUT2D eigenvalue weighted by atomic mass is 16.6. The fraction of sp³-hybridized carbons (Fsp3) is 0.737. The first-order valence-corrected chi connectivity index (χ1v) is 19.3. The number of nitrogens with zero attached hydrogens (tertiary/aromatic N) is 3. The smallest absolute Gasteiger partial charge is 0.410 e. The second-order valence-electron chi connectivity index (χ2n) is 17.0. The van der Waals surface area contributed by atoms with Gasteiger partial charge in [-0.3, -0.25) is 29.0 Å². The van der Waals surface area contributed by atoms with Gasteiger partial charge in [0.25, 0.3) is 11.8 Å². The normalized spacial score (nSPS) is 21.5. The molecule has 3 aliphatic rings. The van der Waals surface area contributed by atoms with Gasteiger partial charge in [0.1, 0.15) is 23.4 Å². The van der Waals surface area contributed by atoms with E-state index >= 15 is 0 Å². The van der Waals surface area contributed by atoms with Crippen LogP contribution in [-0.2, 0) is 23.9 Å². The number of aromatic nitrogens is 2. The predicted molar refractivity (Wildman–Crippen MR) is 198 cm³/mol. The molecule has 2 aliphatic carbocycles. The number of hydrogen-bond acceptors (Lipinski definition) is 10. The summed E-state index contributed by atoms with van der Waals surface area (Å²) in [5.41, 5.74) is -1.58. The van der Waals surface area contributed by atoms with Crippen molar-refractivity contribution in [1.29, 1.82) is 0 Å². The fourth-order valence-electron chi connectivity index (χ4n) is 6.97. The Kier molecular flexibility index (Phi) is 14.4. The largest absolute Gasteiger partial charge is 0.444 e. The average Bonchev–Trinajstić information content (AvgIpc) is 3.83. The SMILES string of the molecule is CCCC(NC(=O)[C@@H]1CN(C(=O)OC(C)(C)C)C[C@@H]1NC(=O)C(NC(=O)[C@@H](NC(=O)c1cnccn1)C1CCCCC1)C(C)(C)C)C(O)C(=O)NC1CC1. The molecule has 1 aliphatic heterocycles. The summed E-state index contributed by atoms with van der Waals surface area (Å²) in [5.74, 6) is -3.91. The van der Waals surface area contributed by atoms with Crippen LogP contribution in [0.3, 0.4) is 0 Å². The summed E-state index contributed by atoms with van der Waals surface area (Å²) in [5, 5.41) is 25.2. The van der Waals surface area contributed by atoms with E-state index in [0.29, 0.717) is 12.8 Å². The van der Waals surface area contributed by atoms with Crippen LogP contribution in [0.1, 0.15) is 117 Å². The molecule has 1 aromatic heterocycles. The molecule has 0 aromatic carbocycles. The Bertz CT molecular complexity index is 1490. The quantitative estimate of drug-likeness (QED) is 0.162. The van der Waals surface area contributed by atoms with Gasteiger partial charge >= 0.3 is 6.09 Å². The van der Waals surface area contributed by atoms with Crippen LogP contribution in [0.4, 0.5) is 4.79 Å². The Morgan fingerprint density at radius 2 is 1.56 bits per heavy atom. The molecule has 6 amide bonds. The number of aliphatic hydroxyl groups excluding tert-OH is 1. The van der Waals surface area contributed by atoms with E-state index in [0.717, 1.165) is 44.9 Å². The summed E-state index contributed by atoms with van der Waals surface area (Å²) in [6.07, 6.45) is 8.84. The minimum absolute atomic E-state index is 0.0191. The zero-order chi connectivity index (χ0) is 39.8. The Labute approximate surface area is 318 Å². The van der Waals surface area contributed by atoms with E-state index in [1.165, 1.54) is 23.5 Å². The van der Waals surface area contributed by atoms with Gasteiger partial charge in [-0.1, -0.05) is 53.4 Å². The monoisotopic (exact) mass is 756 g/mol. The second-order valence-corrected chi connectivity index (χ2v) is 17.0. The summed E-state index contributed by atoms with van der Waals surface area (Å²) in [6.45, 7) is 12.3. The van der Waals surface area contributed by atoms with Crippen LogP contribution in [0.25, 0.3) is 0 Å². The summed E-state index contributed by atoms with van der Waals surface area (Å²) in [4.78, 5) is 90.8. The summed E-state index contributed by atoms with van der Waals surface area (Å²) in [6, 6.07) is -3.83. The zero-order valence-electron chi connectivity index (χ0n) is 32.8. The third kappa shape index (κ3) is 12.1. The molecule has 54 heavy (non-hydrogen) atoms. The number of aliphatic hydroxyl groups is 1. The topological polar surface area (TPSA) is 221 Å². The molecule has 0 bridgehead atoms. The Morgan fingerprint density at radius 3 is 2.13 bits per heavy atom. The zero-order valence-corrected chi connectivity index (χ0v) is 32.8. The van der Waals surface area contributed by atoms with E-state index in [1.54, 1.807) is 41.5 Å². The molecule has 16 nitrogen and oxygen atoms in total. The van der Waals surface area contributed by atoms with Gasteiger partial charge in [0.15, 0.2) is 6.10 Å². The first-order valence-electron chi connectivity index (χ1n) is 19.3. The number of rotatable bonds is 14. The highest BCUT2D eigenvalue weighted by molar-refractivity contribution is 5.97. The second kappa shape index (κ2) is 18.3. The van der Waals surface area contributed by atoms with Crippen molar-refractivity contribution in [1.82, 2.24) is 41.5 Å². The average molecular weight is 757 g/mol. The molecule has 6 N–H and O–H groups in total. The maximum atomic E-state index is 14.2. The number of hydrogen-bond donors (Lipinski definition) is 6. The summed E-state index contributed by atoms with van der Waals surface area (Å²) < 4.78 is 5.59. The standard InChI is InChI=1S/C38H60N8O8/c1-8-12-25(29(47)34(51)41-23-15-16-23)42-31(48)24-20-46(36(53)54-38(5,6)7)21-27(24)43-35(52)30(37(2,3)4)45-33(50)28(22-13-10-9-11-14-22)44-32(49)26-19-39-17-18-40-26/h17-19,22-25,27-30,47H,8-16,20-21H2,1-7H3,(H,41,51)(H,42,48)(H,43,52)(H,44,49)(H,45,50)/t24-,25?,27+,28+,29?,30?/m1/s1. The molecule has 1 saturated heterocycles. The van der Waals surface area contributed by atoms with Crippen LogP contribution in [0.5, 0.6) is 0 Å². The van der Waals surface area contributed by atoms with Gasteiger partial charge in [0.05, 0.1) is 24.2 Å². The maximum Gasteiger partial charge on any atom is 0.410 e. The fourth-order valence-corrected chi connectivity index (χ4v) is 6.97. The van der Waals surface area contributed by atoms with Crippen LogP contribution in [0.2, 0.25) is 0 Å². The third-order valence-electron chi connectivity index (χ3n) is 10.0. The number of carbonyl (C=O) groups excluding carboxylic acids is 6. The van der Waals surface area contributed by atoms with E-state index in [4.69, 9.17) is 4.74 Å². The Hall–Kier alpha value is -4.34. The lowest BCUT2D eigenvalue weighted by atomic mass is 9.82. The van der Waals surface area contributed by atoms with Gasteiger partial charge in [0.2, 0.25) is 17.7 Å². The van der Waals surface area contributed by atoms with Gasteiger partial charge < -0.3 is 41.3 Å². The number of likely N-dealkylation sites (tertiary alicyclic amines) is 1. The lowest BCUT2D eigenvalue weighted by Crippen LogP contribution is -2.61. The Balaban J connectivity index is 1.55. The molecule has 1 aromatic rings. The first-order chi connectivity index (χ1) is 25.4. The van der Waals surface area contributed by atoms with E-state index in [1.807, 2.05) is 6.92 Å². The number of nitrogens with one attached hydrogen (secondary N) is 5. The van der Waals surface area contributed by atoms with Crippen LogP contribution < -0.4 is 26.6 Å². The number of ether oxygens (including phenoxy) is 1. The van der Waals surface area contributed by atoms with Gasteiger partial charge in [-0.25, -0.2) is 9.78 Å². The van der Waals surface area contributed by atoms with E-state index < -0.39 is 82.8 Å². The molecule has 3 unspecified atom stereocenters. The summed E-state index contributed by atoms with van der Waals surface area (Å²) >= 11 is 0. The van der Waals surface area contributed by atoms with Crippen LogP contribution in [0, 0.1) is 17.3 Å². The third-order valence-corrected chi connectivity index (χ3v) is 10.0. The van der Waals surface area contributed by atoms with Gasteiger partial charge in [-0.15, -0.1) is 0 Å². The first kappa shape index (κ1) is 42.4. The molecular weight excluding hydrogens is 696 g/mol. The molecule has 0 spiro atoms. The molecule has 16 heteroatoms. The van der Waals surface area contributed by atoms with Crippen molar-refractivity contribution in [3.05, 3.63) is 24.3 Å². The minimum Gasteiger partial charge on any atom is -0.444 e. The summed E-state index contributed by atoms with van der Waals surface area (Å²) in [7, 11) is 0. The lowest BCUT2D eigenvalue weighted by molar-refractivity contribution is -0.135. The molecule has 2 heterocycles. The predicted octanol–water partition coefficient (Wildman–Crippen LogP) is 1.96. The molecular formula is C38H60N8O8. The van der Waals surface area contributed by atoms with E-state index in [-0.39, 0.29) is 30.7 Å². The lowest BCUT2D eigenvalue weighted by Gasteiger charge is -2.35. The van der Waals surface area contributed by atoms with Crippen molar-refractivity contribution >= 4 is 35.6 Å². The van der Waals surface area contributed by atoms with Crippen molar-refractivity contribution in [2.24, 2.45) is 17.3 Å². The van der Waals surface area contributed by atoms with Crippen LogP contribution in [-0.4, -0.2) is 111 Å². The molecule has 6 atom stereocenters. The highest BCUT2D eigenvalue weighted by Crippen LogP contribution is 2.29. The van der Waals surface area contributed by atoms with Gasteiger partial charge in [-0.2, -0.15) is 0 Å². The molecule has 0 radical (unpaired) electrons. The maximum absolute atomic E-state index is 14.2. The van der Waals surface area contributed by atoms with Gasteiger partial charge in [-0.05, 0) is 64.2 Å². The molecule has 3 fully saturated rings. The van der Waals surface area contributed by atoms with Crippen LogP contribution in [0.15, 0.2) is 18.6 Å². The van der Waals surface area contributed by atoms with Crippen molar-refractivity contribution < 1.29 is 38.6 Å².